The summed E-state index contributed by atoms with van der Waals surface area (Å²) in [5.41, 5.74) is 9.06. The standard InChI is InChI=1S/C23H31N3O5S2/c1-3-20(26-21-19(27)9-8-18(10-12-24)22(21)32-23(26)28)33(29,30)25-13-15-31-14-11-17-6-4-16(2)5-7-17/h4-9,20,25,27H,3,10-15,24H2,1-2H3. The van der Waals surface area contributed by atoms with Crippen LogP contribution < -0.4 is 15.3 Å². The highest BCUT2D eigenvalue weighted by atomic mass is 32.2. The molecule has 10 heteroatoms. The molecule has 0 spiro atoms. The average molecular weight is 494 g/mol. The summed E-state index contributed by atoms with van der Waals surface area (Å²) in [5, 5.41) is 9.28. The lowest BCUT2D eigenvalue weighted by Crippen LogP contribution is -2.36. The van der Waals surface area contributed by atoms with Crippen LogP contribution in [0.3, 0.4) is 0 Å². The third-order valence-electron chi connectivity index (χ3n) is 5.43. The summed E-state index contributed by atoms with van der Waals surface area (Å²) >= 11 is 0.928. The van der Waals surface area contributed by atoms with Crippen molar-refractivity contribution in [3.63, 3.8) is 0 Å². The number of aromatic hydroxyl groups is 1. The second-order valence-electron chi connectivity index (χ2n) is 7.85. The van der Waals surface area contributed by atoms with Crippen molar-refractivity contribution in [1.82, 2.24) is 9.29 Å². The van der Waals surface area contributed by atoms with Gasteiger partial charge in [-0.05, 0) is 49.9 Å². The lowest BCUT2D eigenvalue weighted by Gasteiger charge is -2.19. The molecule has 0 saturated carbocycles. The van der Waals surface area contributed by atoms with E-state index in [1.165, 1.54) is 16.2 Å². The van der Waals surface area contributed by atoms with Crippen LogP contribution in [-0.4, -0.2) is 44.4 Å². The molecule has 0 fully saturated rings. The summed E-state index contributed by atoms with van der Waals surface area (Å²) in [6.45, 7) is 4.89. The molecule has 0 radical (unpaired) electrons. The van der Waals surface area contributed by atoms with Crippen LogP contribution >= 0.6 is 11.3 Å². The molecule has 0 saturated heterocycles. The Hall–Kier alpha value is -2.24. The summed E-state index contributed by atoms with van der Waals surface area (Å²) < 4.78 is 35.9. The number of sulfonamides is 1. The predicted octanol–water partition coefficient (Wildman–Crippen LogP) is 2.67. The molecule has 1 heterocycles. The molecule has 33 heavy (non-hydrogen) atoms. The van der Waals surface area contributed by atoms with Gasteiger partial charge in [0.15, 0.2) is 5.37 Å². The van der Waals surface area contributed by atoms with Crippen LogP contribution in [0, 0.1) is 6.92 Å². The van der Waals surface area contributed by atoms with Crippen LogP contribution in [0.2, 0.25) is 0 Å². The van der Waals surface area contributed by atoms with Gasteiger partial charge in [0.05, 0.1) is 17.9 Å². The zero-order valence-electron chi connectivity index (χ0n) is 18.9. The maximum absolute atomic E-state index is 13.0. The van der Waals surface area contributed by atoms with Gasteiger partial charge in [0, 0.05) is 6.54 Å². The Morgan fingerprint density at radius 2 is 1.88 bits per heavy atom. The lowest BCUT2D eigenvalue weighted by atomic mass is 10.1. The third kappa shape index (κ3) is 6.01. The number of ether oxygens (including phenoxy) is 1. The molecule has 1 aromatic heterocycles. The molecular formula is C23H31N3O5S2. The van der Waals surface area contributed by atoms with Crippen molar-refractivity contribution >= 4 is 31.6 Å². The van der Waals surface area contributed by atoms with Gasteiger partial charge >= 0.3 is 4.87 Å². The highest BCUT2D eigenvalue weighted by Crippen LogP contribution is 2.33. The molecule has 0 bridgehead atoms. The fourth-order valence-electron chi connectivity index (χ4n) is 3.73. The number of benzene rings is 2. The SMILES string of the molecule is CCC(n1c(=O)sc2c(CCN)ccc(O)c21)S(=O)(=O)NCCOCCc1ccc(C)cc1. The Balaban J connectivity index is 1.67. The van der Waals surface area contributed by atoms with Crippen molar-refractivity contribution < 1.29 is 18.3 Å². The quantitative estimate of drug-likeness (QED) is 0.333. The van der Waals surface area contributed by atoms with Crippen molar-refractivity contribution in [2.24, 2.45) is 5.73 Å². The molecule has 3 aromatic rings. The fourth-order valence-corrected chi connectivity index (χ4v) is 6.37. The minimum absolute atomic E-state index is 0.0912. The Morgan fingerprint density at radius 3 is 2.55 bits per heavy atom. The Kier molecular flexibility index (Phi) is 8.66. The van der Waals surface area contributed by atoms with Gasteiger partial charge in [0.2, 0.25) is 10.0 Å². The number of rotatable bonds is 12. The van der Waals surface area contributed by atoms with Crippen molar-refractivity contribution in [2.45, 2.75) is 38.5 Å². The van der Waals surface area contributed by atoms with E-state index in [0.29, 0.717) is 24.3 Å². The van der Waals surface area contributed by atoms with Gasteiger partial charge < -0.3 is 15.6 Å². The molecule has 0 amide bonds. The van der Waals surface area contributed by atoms with E-state index in [4.69, 9.17) is 10.5 Å². The zero-order valence-corrected chi connectivity index (χ0v) is 20.5. The summed E-state index contributed by atoms with van der Waals surface area (Å²) in [4.78, 5) is 12.4. The van der Waals surface area contributed by atoms with E-state index in [0.717, 1.165) is 28.9 Å². The van der Waals surface area contributed by atoms with Gasteiger partial charge in [0.1, 0.15) is 11.3 Å². The highest BCUT2D eigenvalue weighted by molar-refractivity contribution is 7.89. The number of hydrogen-bond acceptors (Lipinski definition) is 7. The van der Waals surface area contributed by atoms with E-state index in [-0.39, 0.29) is 30.8 Å². The maximum atomic E-state index is 13.0. The first-order chi connectivity index (χ1) is 15.8. The number of thiazole rings is 1. The number of nitrogens with zero attached hydrogens (tertiary/aromatic N) is 1. The Morgan fingerprint density at radius 1 is 1.15 bits per heavy atom. The topological polar surface area (TPSA) is 124 Å². The van der Waals surface area contributed by atoms with Crippen molar-refractivity contribution in [2.75, 3.05) is 26.3 Å². The van der Waals surface area contributed by atoms with E-state index in [9.17, 15) is 18.3 Å². The largest absolute Gasteiger partial charge is 0.506 e. The van der Waals surface area contributed by atoms with Crippen LogP contribution in [0.1, 0.15) is 35.4 Å². The minimum atomic E-state index is -3.89. The fraction of sp³-hybridized carbons (Fsp3) is 0.435. The normalized spacial score (nSPS) is 12.9. The van der Waals surface area contributed by atoms with Crippen molar-refractivity contribution in [3.8, 4) is 5.75 Å². The van der Waals surface area contributed by atoms with Gasteiger partial charge in [-0.2, -0.15) is 0 Å². The molecule has 8 nitrogen and oxygen atoms in total. The molecule has 4 N–H and O–H groups in total. The van der Waals surface area contributed by atoms with Crippen molar-refractivity contribution in [3.05, 3.63) is 62.8 Å². The zero-order chi connectivity index (χ0) is 24.0. The minimum Gasteiger partial charge on any atom is -0.506 e. The highest BCUT2D eigenvalue weighted by Gasteiger charge is 2.30. The van der Waals surface area contributed by atoms with Crippen LogP contribution in [0.5, 0.6) is 5.75 Å². The summed E-state index contributed by atoms with van der Waals surface area (Å²) in [5.74, 6) is -0.128. The third-order valence-corrected chi connectivity index (χ3v) is 8.33. The number of nitrogens with two attached hydrogens (primary N) is 1. The first-order valence-electron chi connectivity index (χ1n) is 11.0. The first kappa shape index (κ1) is 25.4. The van der Waals surface area contributed by atoms with E-state index >= 15 is 0 Å². The lowest BCUT2D eigenvalue weighted by molar-refractivity contribution is 0.142. The molecule has 180 valence electrons. The predicted molar refractivity (Wildman–Crippen MR) is 132 cm³/mol. The summed E-state index contributed by atoms with van der Waals surface area (Å²) in [7, 11) is -3.89. The van der Waals surface area contributed by atoms with E-state index < -0.39 is 20.3 Å². The molecule has 2 aromatic carbocycles. The number of aryl methyl sites for hydroxylation is 1. The number of phenolic OH excluding ortho intramolecular Hbond substituents is 1. The Bertz CT molecular complexity index is 1230. The van der Waals surface area contributed by atoms with E-state index in [2.05, 4.69) is 4.72 Å². The van der Waals surface area contributed by atoms with Crippen LogP contribution in [0.4, 0.5) is 0 Å². The van der Waals surface area contributed by atoms with Crippen LogP contribution in [-0.2, 0) is 27.6 Å². The molecule has 0 aliphatic rings. The second kappa shape index (κ2) is 11.3. The second-order valence-corrected chi connectivity index (χ2v) is 10.7. The number of hydrogen-bond donors (Lipinski definition) is 3. The number of phenols is 1. The van der Waals surface area contributed by atoms with Gasteiger partial charge in [-0.1, -0.05) is 54.2 Å². The molecule has 3 rings (SSSR count). The number of nitrogens with one attached hydrogen (secondary N) is 1. The number of fused-ring (bicyclic) bond motifs is 1. The summed E-state index contributed by atoms with van der Waals surface area (Å²) in [6.07, 6.45) is 1.43. The number of aromatic nitrogens is 1. The average Bonchev–Trinajstić information content (AvgIpc) is 3.12. The van der Waals surface area contributed by atoms with Gasteiger partial charge in [-0.3, -0.25) is 9.36 Å². The molecular weight excluding hydrogens is 462 g/mol. The first-order valence-corrected chi connectivity index (χ1v) is 13.3. The molecule has 1 atom stereocenters. The monoisotopic (exact) mass is 493 g/mol. The van der Waals surface area contributed by atoms with Crippen LogP contribution in [0.15, 0.2) is 41.2 Å². The van der Waals surface area contributed by atoms with E-state index in [1.807, 2.05) is 31.2 Å². The smallest absolute Gasteiger partial charge is 0.309 e. The van der Waals surface area contributed by atoms with Crippen molar-refractivity contribution in [1.29, 1.82) is 0 Å². The molecule has 0 aliphatic heterocycles. The van der Waals surface area contributed by atoms with Gasteiger partial charge in [-0.15, -0.1) is 0 Å². The van der Waals surface area contributed by atoms with Gasteiger partial charge in [-0.25, -0.2) is 13.1 Å². The van der Waals surface area contributed by atoms with Gasteiger partial charge in [0.25, 0.3) is 0 Å². The van der Waals surface area contributed by atoms with E-state index in [1.54, 1.807) is 13.0 Å². The maximum Gasteiger partial charge on any atom is 0.309 e. The summed E-state index contributed by atoms with van der Waals surface area (Å²) in [6, 6.07) is 11.4. The molecule has 1 unspecified atom stereocenters. The molecule has 0 aliphatic carbocycles. The van der Waals surface area contributed by atoms with Crippen LogP contribution in [0.25, 0.3) is 10.2 Å². The Labute approximate surface area is 198 Å².